The number of carboxylic acids is 1. The third-order valence-electron chi connectivity index (χ3n) is 2.18. The third-order valence-corrected chi connectivity index (χ3v) is 3.62. The first-order chi connectivity index (χ1) is 6.27. The highest BCUT2D eigenvalue weighted by Gasteiger charge is 2.32. The van der Waals surface area contributed by atoms with Crippen LogP contribution in [0.4, 0.5) is 0 Å². The number of hydrogen-bond acceptors (Lipinski definition) is 3. The van der Waals surface area contributed by atoms with E-state index in [-0.39, 0.29) is 4.75 Å². The van der Waals surface area contributed by atoms with Gasteiger partial charge in [0, 0.05) is 4.75 Å². The minimum Gasteiger partial charge on any atom is -0.480 e. The molecule has 0 aromatic rings. The van der Waals surface area contributed by atoms with E-state index >= 15 is 0 Å². The van der Waals surface area contributed by atoms with Crippen LogP contribution in [-0.4, -0.2) is 27.6 Å². The zero-order chi connectivity index (χ0) is 11.4. The molecule has 0 saturated carbocycles. The molecule has 0 aromatic heterocycles. The molecule has 0 aromatic carbocycles. The van der Waals surface area contributed by atoms with Crippen LogP contribution < -0.4 is 5.73 Å². The molecule has 0 saturated heterocycles. The van der Waals surface area contributed by atoms with Gasteiger partial charge in [0.1, 0.15) is 6.04 Å². The second-order valence-electron chi connectivity index (χ2n) is 4.45. The molecule has 0 aliphatic rings. The average molecular weight is 219 g/mol. The first-order valence-electron chi connectivity index (χ1n) is 4.89. The molecule has 0 aliphatic heterocycles. The van der Waals surface area contributed by atoms with Crippen LogP contribution in [0.3, 0.4) is 0 Å². The Balaban J connectivity index is 4.00. The molecule has 0 spiro atoms. The van der Waals surface area contributed by atoms with Crippen molar-refractivity contribution >= 4 is 17.7 Å². The lowest BCUT2D eigenvalue weighted by atomic mass is 10.1. The zero-order valence-corrected chi connectivity index (χ0v) is 10.2. The number of aliphatic carboxylic acids is 1. The van der Waals surface area contributed by atoms with Gasteiger partial charge >= 0.3 is 5.97 Å². The molecule has 0 aliphatic carbocycles. The molecule has 14 heavy (non-hydrogen) atoms. The van der Waals surface area contributed by atoms with Crippen molar-refractivity contribution in [2.24, 2.45) is 11.7 Å². The highest BCUT2D eigenvalue weighted by molar-refractivity contribution is 8.00. The normalized spacial score (nSPS) is 14.4. The van der Waals surface area contributed by atoms with E-state index in [1.54, 1.807) is 11.8 Å². The summed E-state index contributed by atoms with van der Waals surface area (Å²) in [5.74, 6) is 0.692. The Labute approximate surface area is 90.4 Å². The van der Waals surface area contributed by atoms with Gasteiger partial charge in [-0.2, -0.15) is 11.8 Å². The van der Waals surface area contributed by atoms with Gasteiger partial charge < -0.3 is 10.8 Å². The van der Waals surface area contributed by atoms with Gasteiger partial charge in [-0.05, 0) is 31.9 Å². The second-order valence-corrected chi connectivity index (χ2v) is 6.20. The van der Waals surface area contributed by atoms with Crippen LogP contribution in [0.2, 0.25) is 0 Å². The van der Waals surface area contributed by atoms with Crippen molar-refractivity contribution in [3.63, 3.8) is 0 Å². The van der Waals surface area contributed by atoms with Crippen molar-refractivity contribution in [3.05, 3.63) is 0 Å². The Bertz CT molecular complexity index is 193. The van der Waals surface area contributed by atoms with Gasteiger partial charge in [-0.1, -0.05) is 13.8 Å². The smallest absolute Gasteiger partial charge is 0.321 e. The van der Waals surface area contributed by atoms with Crippen LogP contribution in [0.1, 0.15) is 34.1 Å². The molecule has 0 rings (SSSR count). The van der Waals surface area contributed by atoms with E-state index in [4.69, 9.17) is 10.8 Å². The van der Waals surface area contributed by atoms with E-state index in [0.717, 1.165) is 12.2 Å². The summed E-state index contributed by atoms with van der Waals surface area (Å²) in [7, 11) is 0. The van der Waals surface area contributed by atoms with Crippen LogP contribution in [0.5, 0.6) is 0 Å². The Morgan fingerprint density at radius 2 is 2.00 bits per heavy atom. The van der Waals surface area contributed by atoms with Crippen LogP contribution >= 0.6 is 11.8 Å². The highest BCUT2D eigenvalue weighted by atomic mass is 32.2. The van der Waals surface area contributed by atoms with Gasteiger partial charge in [0.25, 0.3) is 0 Å². The molecule has 3 N–H and O–H groups in total. The van der Waals surface area contributed by atoms with Crippen molar-refractivity contribution in [1.82, 2.24) is 0 Å². The van der Waals surface area contributed by atoms with Crippen molar-refractivity contribution in [1.29, 1.82) is 0 Å². The molecule has 3 nitrogen and oxygen atoms in total. The summed E-state index contributed by atoms with van der Waals surface area (Å²) in [5, 5.41) is 8.79. The highest BCUT2D eigenvalue weighted by Crippen LogP contribution is 2.28. The van der Waals surface area contributed by atoms with Gasteiger partial charge in [0.15, 0.2) is 0 Å². The number of carbonyl (C=O) groups is 1. The summed E-state index contributed by atoms with van der Waals surface area (Å²) in [6.45, 7) is 8.09. The third kappa shape index (κ3) is 4.86. The lowest BCUT2D eigenvalue weighted by Gasteiger charge is -2.28. The Hall–Kier alpha value is -0.220. The van der Waals surface area contributed by atoms with E-state index in [2.05, 4.69) is 13.8 Å². The molecule has 0 radical (unpaired) electrons. The molecular weight excluding hydrogens is 198 g/mol. The summed E-state index contributed by atoms with van der Waals surface area (Å²) in [6.07, 6.45) is 1.10. The summed E-state index contributed by atoms with van der Waals surface area (Å²) in [5.41, 5.74) is 5.59. The number of rotatable bonds is 6. The topological polar surface area (TPSA) is 63.3 Å². The minimum absolute atomic E-state index is 0.388. The number of carboxylic acid groups (broad SMARTS) is 1. The van der Waals surface area contributed by atoms with Crippen LogP contribution in [0.15, 0.2) is 0 Å². The zero-order valence-electron chi connectivity index (χ0n) is 9.41. The van der Waals surface area contributed by atoms with Crippen LogP contribution in [0.25, 0.3) is 0 Å². The van der Waals surface area contributed by atoms with Gasteiger partial charge in [-0.15, -0.1) is 0 Å². The average Bonchev–Trinajstić information content (AvgIpc) is 2.01. The first-order valence-corrected chi connectivity index (χ1v) is 5.88. The van der Waals surface area contributed by atoms with Crippen molar-refractivity contribution in [3.8, 4) is 0 Å². The molecule has 0 bridgehead atoms. The molecule has 0 unspecified atom stereocenters. The van der Waals surface area contributed by atoms with Gasteiger partial charge in [0.2, 0.25) is 0 Å². The first kappa shape index (κ1) is 13.8. The predicted molar refractivity (Wildman–Crippen MR) is 61.6 cm³/mol. The van der Waals surface area contributed by atoms with E-state index in [1.807, 2.05) is 13.8 Å². The van der Waals surface area contributed by atoms with E-state index in [1.165, 1.54) is 0 Å². The van der Waals surface area contributed by atoms with Gasteiger partial charge in [-0.25, -0.2) is 0 Å². The lowest BCUT2D eigenvalue weighted by molar-refractivity contribution is -0.139. The maximum Gasteiger partial charge on any atom is 0.321 e. The summed E-state index contributed by atoms with van der Waals surface area (Å²) in [4.78, 5) is 10.7. The maximum absolute atomic E-state index is 10.7. The lowest BCUT2D eigenvalue weighted by Crippen LogP contribution is -2.46. The van der Waals surface area contributed by atoms with Crippen LogP contribution in [-0.2, 0) is 4.79 Å². The van der Waals surface area contributed by atoms with E-state index in [9.17, 15) is 4.79 Å². The minimum atomic E-state index is -0.924. The Morgan fingerprint density at radius 3 is 2.36 bits per heavy atom. The molecule has 84 valence electrons. The van der Waals surface area contributed by atoms with Crippen LogP contribution in [0, 0.1) is 5.92 Å². The SMILES string of the molecule is CC(C)CCSC(C)(C)[C@@H](N)C(=O)O. The standard InChI is InChI=1S/C10H21NO2S/c1-7(2)5-6-14-10(3,4)8(11)9(12)13/h7-8H,5-6,11H2,1-4H3,(H,12,13)/t8-/m0/s1. The molecule has 1 atom stereocenters. The molecule has 0 fully saturated rings. The van der Waals surface area contributed by atoms with Gasteiger partial charge in [0.05, 0.1) is 0 Å². The number of thioether (sulfide) groups is 1. The Morgan fingerprint density at radius 1 is 1.50 bits per heavy atom. The fourth-order valence-electron chi connectivity index (χ4n) is 0.945. The second kappa shape index (κ2) is 5.61. The summed E-state index contributed by atoms with van der Waals surface area (Å²) in [6, 6.07) is -0.792. The quantitative estimate of drug-likeness (QED) is 0.717. The maximum atomic E-state index is 10.7. The fourth-order valence-corrected chi connectivity index (χ4v) is 2.34. The molecule has 4 heteroatoms. The van der Waals surface area contributed by atoms with E-state index in [0.29, 0.717) is 5.92 Å². The monoisotopic (exact) mass is 219 g/mol. The van der Waals surface area contributed by atoms with Crippen molar-refractivity contribution in [2.75, 3.05) is 5.75 Å². The van der Waals surface area contributed by atoms with Crippen molar-refractivity contribution in [2.45, 2.75) is 44.9 Å². The molecule has 0 amide bonds. The Kier molecular flexibility index (Phi) is 5.52. The van der Waals surface area contributed by atoms with Crippen molar-refractivity contribution < 1.29 is 9.90 Å². The molecule has 0 heterocycles. The summed E-state index contributed by atoms with van der Waals surface area (Å²) < 4.78 is -0.388. The molecular formula is C10H21NO2S. The van der Waals surface area contributed by atoms with Gasteiger partial charge in [-0.3, -0.25) is 4.79 Å². The number of nitrogens with two attached hydrogens (primary N) is 1. The predicted octanol–water partition coefficient (Wildman–Crippen LogP) is 1.96. The summed E-state index contributed by atoms with van der Waals surface area (Å²) >= 11 is 1.64. The number of hydrogen-bond donors (Lipinski definition) is 2. The largest absolute Gasteiger partial charge is 0.480 e. The van der Waals surface area contributed by atoms with E-state index < -0.39 is 12.0 Å². The fraction of sp³-hybridized carbons (Fsp3) is 0.900.